The Morgan fingerprint density at radius 2 is 0.667 bits per heavy atom. The van der Waals surface area contributed by atoms with Crippen LogP contribution >= 0.6 is 0 Å². The highest BCUT2D eigenvalue weighted by molar-refractivity contribution is 6.69. The van der Waals surface area contributed by atoms with E-state index < -0.39 is 17.1 Å². The van der Waals surface area contributed by atoms with E-state index in [1.54, 1.807) is 0 Å². The van der Waals surface area contributed by atoms with Gasteiger partial charge in [0.1, 0.15) is 0 Å². The van der Waals surface area contributed by atoms with E-state index in [1.807, 2.05) is 27.7 Å². The van der Waals surface area contributed by atoms with Crippen molar-refractivity contribution < 1.29 is 17.7 Å². The minimum Gasteiger partial charge on any atom is -0.394 e. The maximum atomic E-state index is 5.75. The smallest absolute Gasteiger partial charge is 0.340 e. The van der Waals surface area contributed by atoms with E-state index in [0.29, 0.717) is 0 Å². The fourth-order valence-corrected chi connectivity index (χ4v) is 6.15. The van der Waals surface area contributed by atoms with Crippen LogP contribution in [0.5, 0.6) is 0 Å². The molecule has 148 valence electrons. The molecule has 0 aromatic rings. The van der Waals surface area contributed by atoms with E-state index >= 15 is 0 Å². The van der Waals surface area contributed by atoms with Crippen LogP contribution in [0.1, 0.15) is 69.2 Å². The molecular weight excluding hydrogens is 336 g/mol. The molecule has 0 aromatic carbocycles. The molecule has 0 saturated carbocycles. The van der Waals surface area contributed by atoms with E-state index in [2.05, 4.69) is 54.6 Å². The van der Waals surface area contributed by atoms with Gasteiger partial charge in [-0.25, -0.2) is 0 Å². The quantitative estimate of drug-likeness (QED) is 0.494. The molecule has 0 atom stereocenters. The highest BCUT2D eigenvalue weighted by Gasteiger charge is 2.44. The molecule has 0 spiro atoms. The van der Waals surface area contributed by atoms with E-state index in [0.717, 1.165) is 26.4 Å². The third-order valence-corrected chi connectivity index (χ3v) is 13.2. The molecule has 0 saturated heterocycles. The first-order valence-corrected chi connectivity index (χ1v) is 13.9. The van der Waals surface area contributed by atoms with Crippen LogP contribution in [-0.2, 0) is 17.7 Å². The van der Waals surface area contributed by atoms with Gasteiger partial charge in [0, 0.05) is 36.5 Å². The highest BCUT2D eigenvalue weighted by Crippen LogP contribution is 2.38. The third kappa shape index (κ3) is 8.58. The summed E-state index contributed by atoms with van der Waals surface area (Å²) >= 11 is 0. The summed E-state index contributed by atoms with van der Waals surface area (Å²) in [6.07, 6.45) is 0. The van der Waals surface area contributed by atoms with Crippen molar-refractivity contribution in [2.45, 2.75) is 92.4 Å². The van der Waals surface area contributed by atoms with Crippen LogP contribution in [0.2, 0.25) is 23.2 Å². The van der Waals surface area contributed by atoms with Gasteiger partial charge in [0.2, 0.25) is 0 Å². The van der Waals surface area contributed by atoms with Crippen molar-refractivity contribution in [2.24, 2.45) is 0 Å². The first kappa shape index (κ1) is 26.5. The monoisotopic (exact) mass is 380 g/mol. The van der Waals surface area contributed by atoms with Crippen molar-refractivity contribution in [1.29, 1.82) is 0 Å². The van der Waals surface area contributed by atoms with Gasteiger partial charge in [0.25, 0.3) is 0 Å². The second-order valence-corrected chi connectivity index (χ2v) is 16.1. The summed E-state index contributed by atoms with van der Waals surface area (Å²) < 4.78 is 23.0. The molecule has 6 heteroatoms. The first-order chi connectivity index (χ1) is 10.7. The lowest BCUT2D eigenvalue weighted by atomic mass is 10.2. The van der Waals surface area contributed by atoms with Crippen molar-refractivity contribution in [3.05, 3.63) is 0 Å². The Labute approximate surface area is 154 Å². The molecule has 0 rings (SSSR count). The van der Waals surface area contributed by atoms with E-state index in [-0.39, 0.29) is 10.1 Å². The molecule has 0 bridgehead atoms. The summed E-state index contributed by atoms with van der Waals surface area (Å²) in [6.45, 7) is 28.5. The minimum atomic E-state index is -1.95. The second kappa shape index (κ2) is 11.1. The summed E-state index contributed by atoms with van der Waals surface area (Å²) in [7, 11) is -3.90. The van der Waals surface area contributed by atoms with E-state index in [4.69, 9.17) is 17.7 Å². The summed E-state index contributed by atoms with van der Waals surface area (Å²) in [6, 6.07) is 0. The number of hydrogen-bond acceptors (Lipinski definition) is 4. The zero-order valence-corrected chi connectivity index (χ0v) is 20.5. The van der Waals surface area contributed by atoms with Gasteiger partial charge in [-0.05, 0) is 40.8 Å². The molecule has 0 heterocycles. The van der Waals surface area contributed by atoms with Gasteiger partial charge in [-0.1, -0.05) is 41.5 Å². The molecule has 0 aromatic heterocycles. The molecule has 0 aliphatic carbocycles. The Morgan fingerprint density at radius 3 is 0.750 bits per heavy atom. The van der Waals surface area contributed by atoms with Gasteiger partial charge in [-0.15, -0.1) is 0 Å². The van der Waals surface area contributed by atoms with Crippen molar-refractivity contribution in [3.63, 3.8) is 0 Å². The van der Waals surface area contributed by atoms with Gasteiger partial charge < -0.3 is 17.7 Å². The molecule has 4 nitrogen and oxygen atoms in total. The van der Waals surface area contributed by atoms with Crippen LogP contribution in [0.15, 0.2) is 0 Å². The largest absolute Gasteiger partial charge is 0.394 e. The van der Waals surface area contributed by atoms with Gasteiger partial charge >= 0.3 is 17.1 Å². The maximum absolute atomic E-state index is 5.75. The SMILES string of the molecule is CCO[Si](C)(OCC)C(C)(C)C.CCO[Si](C)(OCC)C(C)(C)C. The Hall–Kier alpha value is 0.274. The minimum absolute atomic E-state index is 0.152. The molecule has 0 amide bonds. The predicted molar refractivity (Wildman–Crippen MR) is 109 cm³/mol. The van der Waals surface area contributed by atoms with Crippen molar-refractivity contribution in [1.82, 2.24) is 0 Å². The topological polar surface area (TPSA) is 36.9 Å². The van der Waals surface area contributed by atoms with Crippen molar-refractivity contribution in [3.8, 4) is 0 Å². The molecule has 0 fully saturated rings. The molecule has 0 N–H and O–H groups in total. The summed E-state index contributed by atoms with van der Waals surface area (Å²) in [4.78, 5) is 0. The Bertz CT molecular complexity index is 278. The zero-order valence-electron chi connectivity index (χ0n) is 18.5. The summed E-state index contributed by atoms with van der Waals surface area (Å²) in [5.41, 5.74) is 0. The van der Waals surface area contributed by atoms with Crippen LogP contribution in [0, 0.1) is 0 Å². The summed E-state index contributed by atoms with van der Waals surface area (Å²) in [5.74, 6) is 0. The highest BCUT2D eigenvalue weighted by atomic mass is 28.4. The molecule has 0 unspecified atom stereocenters. The second-order valence-electron chi connectivity index (χ2n) is 8.12. The van der Waals surface area contributed by atoms with E-state index in [9.17, 15) is 0 Å². The average Bonchev–Trinajstić information content (AvgIpc) is 2.38. The maximum Gasteiger partial charge on any atom is 0.340 e. The van der Waals surface area contributed by atoms with Crippen LogP contribution in [0.4, 0.5) is 0 Å². The molecule has 24 heavy (non-hydrogen) atoms. The standard InChI is InChI=1S/2C9H22O2Si/c2*1-7-10-12(6,11-8-2)9(3,4)5/h2*7-8H2,1-6H3. The summed E-state index contributed by atoms with van der Waals surface area (Å²) in [5, 5.41) is 0.304. The molecule has 0 aliphatic heterocycles. The lowest BCUT2D eigenvalue weighted by Crippen LogP contribution is -2.47. The van der Waals surface area contributed by atoms with Gasteiger partial charge in [-0.3, -0.25) is 0 Å². The number of rotatable bonds is 8. The number of hydrogen-bond donors (Lipinski definition) is 0. The Morgan fingerprint density at radius 1 is 0.500 bits per heavy atom. The average molecular weight is 381 g/mol. The van der Waals surface area contributed by atoms with Crippen LogP contribution in [-0.4, -0.2) is 43.5 Å². The van der Waals surface area contributed by atoms with Crippen molar-refractivity contribution >= 4 is 17.1 Å². The fourth-order valence-electron chi connectivity index (χ4n) is 2.05. The molecular formula is C18H44O4Si2. The van der Waals surface area contributed by atoms with Crippen molar-refractivity contribution in [2.75, 3.05) is 26.4 Å². The lowest BCUT2D eigenvalue weighted by molar-refractivity contribution is 0.167. The third-order valence-electron chi connectivity index (χ3n) is 4.40. The predicted octanol–water partition coefficient (Wildman–Crippen LogP) is 5.86. The zero-order chi connectivity index (χ0) is 19.7. The first-order valence-electron chi connectivity index (χ1n) is 9.30. The van der Waals surface area contributed by atoms with Gasteiger partial charge in [-0.2, -0.15) is 0 Å². The molecule has 0 aliphatic rings. The van der Waals surface area contributed by atoms with E-state index in [1.165, 1.54) is 0 Å². The lowest BCUT2D eigenvalue weighted by Gasteiger charge is -2.37. The Kier molecular flexibility index (Phi) is 12.2. The molecule has 0 radical (unpaired) electrons. The van der Waals surface area contributed by atoms with Gasteiger partial charge in [0.05, 0.1) is 0 Å². The normalized spacial score (nSPS) is 13.5. The fraction of sp³-hybridized carbons (Fsp3) is 1.00. The Balaban J connectivity index is 0. The van der Waals surface area contributed by atoms with Crippen LogP contribution < -0.4 is 0 Å². The van der Waals surface area contributed by atoms with Crippen LogP contribution in [0.25, 0.3) is 0 Å². The van der Waals surface area contributed by atoms with Crippen LogP contribution in [0.3, 0.4) is 0 Å². The van der Waals surface area contributed by atoms with Gasteiger partial charge in [0.15, 0.2) is 0 Å².